The monoisotopic (exact) mass is 266 g/mol. The van der Waals surface area contributed by atoms with E-state index in [1.54, 1.807) is 0 Å². The number of aliphatic hydroxyl groups is 1. The predicted octanol–water partition coefficient (Wildman–Crippen LogP) is 0.198. The molecule has 1 aliphatic rings. The summed E-state index contributed by atoms with van der Waals surface area (Å²) >= 11 is 0. The van der Waals surface area contributed by atoms with Gasteiger partial charge < -0.3 is 15.2 Å². The van der Waals surface area contributed by atoms with E-state index in [1.165, 1.54) is 0 Å². The van der Waals surface area contributed by atoms with Gasteiger partial charge in [0.05, 0.1) is 25.0 Å². The van der Waals surface area contributed by atoms with Crippen molar-refractivity contribution >= 4 is 5.82 Å². The molecule has 1 aliphatic heterocycles. The van der Waals surface area contributed by atoms with Crippen molar-refractivity contribution in [3.8, 4) is 0 Å². The number of morpholine rings is 1. The molecule has 1 atom stereocenters. The number of aliphatic hydroxyl groups excluding tert-OH is 1. The van der Waals surface area contributed by atoms with E-state index in [2.05, 4.69) is 20.4 Å². The average Bonchev–Trinajstić information content (AvgIpc) is 2.41. The van der Waals surface area contributed by atoms with Gasteiger partial charge in [-0.2, -0.15) is 5.10 Å². The highest BCUT2D eigenvalue weighted by atomic mass is 16.5. The zero-order valence-corrected chi connectivity index (χ0v) is 11.6. The Kier molecular flexibility index (Phi) is 5.07. The molecule has 106 valence electrons. The van der Waals surface area contributed by atoms with E-state index in [0.29, 0.717) is 18.9 Å². The Labute approximate surface area is 113 Å². The Hall–Kier alpha value is -1.24. The number of hydrogen-bond acceptors (Lipinski definition) is 6. The van der Waals surface area contributed by atoms with Crippen molar-refractivity contribution in [3.63, 3.8) is 0 Å². The molecule has 2 N–H and O–H groups in total. The molecular formula is C13H22N4O2. The lowest BCUT2D eigenvalue weighted by Gasteiger charge is -2.28. The van der Waals surface area contributed by atoms with Gasteiger partial charge in [-0.05, 0) is 25.5 Å². The number of nitrogens with zero attached hydrogens (tertiary/aromatic N) is 3. The van der Waals surface area contributed by atoms with Crippen LogP contribution in [0.5, 0.6) is 0 Å². The lowest BCUT2D eigenvalue weighted by Crippen LogP contribution is -2.42. The van der Waals surface area contributed by atoms with Crippen LogP contribution >= 0.6 is 0 Å². The molecular weight excluding hydrogens is 244 g/mol. The number of ether oxygens (including phenoxy) is 1. The van der Waals surface area contributed by atoms with Crippen LogP contribution in [0.1, 0.15) is 11.3 Å². The lowest BCUT2D eigenvalue weighted by atomic mass is 10.2. The van der Waals surface area contributed by atoms with Gasteiger partial charge >= 0.3 is 0 Å². The first-order valence-electron chi connectivity index (χ1n) is 6.68. The Bertz CT molecular complexity index is 408. The van der Waals surface area contributed by atoms with Gasteiger partial charge in [0.15, 0.2) is 0 Å². The summed E-state index contributed by atoms with van der Waals surface area (Å²) in [6.45, 7) is 8.36. The molecule has 0 amide bonds. The number of aryl methyl sites for hydroxylation is 2. The van der Waals surface area contributed by atoms with Crippen LogP contribution in [-0.2, 0) is 4.74 Å². The second-order valence-electron chi connectivity index (χ2n) is 4.95. The smallest absolute Gasteiger partial charge is 0.149 e. The molecule has 0 aromatic carbocycles. The van der Waals surface area contributed by atoms with Gasteiger partial charge in [-0.15, -0.1) is 5.10 Å². The highest BCUT2D eigenvalue weighted by molar-refractivity contribution is 5.37. The molecule has 0 radical (unpaired) electrons. The minimum Gasteiger partial charge on any atom is -0.390 e. The summed E-state index contributed by atoms with van der Waals surface area (Å²) in [4.78, 5) is 2.21. The molecule has 19 heavy (non-hydrogen) atoms. The molecule has 1 aromatic heterocycles. The van der Waals surface area contributed by atoms with Crippen LogP contribution in [0, 0.1) is 13.8 Å². The van der Waals surface area contributed by atoms with Gasteiger partial charge in [0.2, 0.25) is 0 Å². The maximum atomic E-state index is 9.99. The second-order valence-corrected chi connectivity index (χ2v) is 4.95. The van der Waals surface area contributed by atoms with E-state index in [9.17, 15) is 5.11 Å². The minimum absolute atomic E-state index is 0.415. The van der Waals surface area contributed by atoms with Crippen molar-refractivity contribution in [2.24, 2.45) is 0 Å². The quantitative estimate of drug-likeness (QED) is 0.793. The number of aromatic nitrogens is 2. The van der Waals surface area contributed by atoms with E-state index in [-0.39, 0.29) is 0 Å². The van der Waals surface area contributed by atoms with Crippen LogP contribution in [0.2, 0.25) is 0 Å². The second kappa shape index (κ2) is 6.79. The summed E-state index contributed by atoms with van der Waals surface area (Å²) in [5.41, 5.74) is 2.03. The van der Waals surface area contributed by atoms with Crippen molar-refractivity contribution < 1.29 is 9.84 Å². The van der Waals surface area contributed by atoms with Crippen molar-refractivity contribution in [3.05, 3.63) is 17.3 Å². The Morgan fingerprint density at radius 1 is 1.37 bits per heavy atom. The van der Waals surface area contributed by atoms with Gasteiger partial charge in [0, 0.05) is 26.2 Å². The predicted molar refractivity (Wildman–Crippen MR) is 73.3 cm³/mol. The molecule has 6 heteroatoms. The van der Waals surface area contributed by atoms with Crippen LogP contribution in [0.25, 0.3) is 0 Å². The van der Waals surface area contributed by atoms with Crippen molar-refractivity contribution in [1.82, 2.24) is 15.1 Å². The molecule has 2 rings (SSSR count). The highest BCUT2D eigenvalue weighted by Crippen LogP contribution is 2.08. The fourth-order valence-corrected chi connectivity index (χ4v) is 2.00. The van der Waals surface area contributed by atoms with Crippen molar-refractivity contribution in [2.45, 2.75) is 20.0 Å². The zero-order chi connectivity index (χ0) is 13.7. The standard InChI is InChI=1S/C13H22N4O2/c1-10-7-13(16-15-11(10)2)14-8-12(18)9-17-3-5-19-6-4-17/h7,12,18H,3-6,8-9H2,1-2H3,(H,14,16). The molecule has 0 spiro atoms. The number of hydrogen-bond donors (Lipinski definition) is 2. The molecule has 2 heterocycles. The Morgan fingerprint density at radius 2 is 2.11 bits per heavy atom. The number of rotatable bonds is 5. The zero-order valence-electron chi connectivity index (χ0n) is 11.6. The third kappa shape index (κ3) is 4.41. The maximum absolute atomic E-state index is 9.99. The Morgan fingerprint density at radius 3 is 2.79 bits per heavy atom. The van der Waals surface area contributed by atoms with Gasteiger partial charge in [0.1, 0.15) is 5.82 Å². The number of anilines is 1. The summed E-state index contributed by atoms with van der Waals surface area (Å²) in [6, 6.07) is 1.95. The van der Waals surface area contributed by atoms with Gasteiger partial charge in [-0.25, -0.2) is 0 Å². The van der Waals surface area contributed by atoms with E-state index < -0.39 is 6.10 Å². The van der Waals surface area contributed by atoms with Crippen molar-refractivity contribution in [1.29, 1.82) is 0 Å². The summed E-state index contributed by atoms with van der Waals surface area (Å²) in [7, 11) is 0. The molecule has 6 nitrogen and oxygen atoms in total. The van der Waals surface area contributed by atoms with Crippen LogP contribution < -0.4 is 5.32 Å². The van der Waals surface area contributed by atoms with Crippen molar-refractivity contribution in [2.75, 3.05) is 44.7 Å². The Balaban J connectivity index is 1.75. The van der Waals surface area contributed by atoms with E-state index in [4.69, 9.17) is 4.74 Å². The molecule has 1 aromatic rings. The van der Waals surface area contributed by atoms with E-state index in [0.717, 1.165) is 37.6 Å². The van der Waals surface area contributed by atoms with Crippen LogP contribution in [0.15, 0.2) is 6.07 Å². The lowest BCUT2D eigenvalue weighted by molar-refractivity contribution is 0.0171. The molecule has 0 bridgehead atoms. The molecule has 0 aliphatic carbocycles. The van der Waals surface area contributed by atoms with Crippen LogP contribution in [0.3, 0.4) is 0 Å². The summed E-state index contributed by atoms with van der Waals surface area (Å²) < 4.78 is 5.28. The first kappa shape index (κ1) is 14.2. The number of β-amino-alcohol motifs (C(OH)–C–C–N with tert-alkyl or cyclic N) is 1. The largest absolute Gasteiger partial charge is 0.390 e. The first-order chi connectivity index (χ1) is 9.15. The van der Waals surface area contributed by atoms with Crippen LogP contribution in [-0.4, -0.2) is 65.7 Å². The maximum Gasteiger partial charge on any atom is 0.149 e. The van der Waals surface area contributed by atoms with Gasteiger partial charge in [-0.1, -0.05) is 0 Å². The molecule has 1 unspecified atom stereocenters. The van der Waals surface area contributed by atoms with Gasteiger partial charge in [-0.3, -0.25) is 4.90 Å². The number of nitrogens with one attached hydrogen (secondary N) is 1. The summed E-state index contributed by atoms with van der Waals surface area (Å²) in [5, 5.41) is 21.2. The van der Waals surface area contributed by atoms with Gasteiger partial charge in [0.25, 0.3) is 0 Å². The highest BCUT2D eigenvalue weighted by Gasteiger charge is 2.14. The van der Waals surface area contributed by atoms with Crippen LogP contribution in [0.4, 0.5) is 5.82 Å². The summed E-state index contributed by atoms with van der Waals surface area (Å²) in [5.74, 6) is 0.712. The molecule has 0 saturated carbocycles. The third-order valence-corrected chi connectivity index (χ3v) is 3.32. The van der Waals surface area contributed by atoms with E-state index >= 15 is 0 Å². The average molecular weight is 266 g/mol. The molecule has 1 fully saturated rings. The first-order valence-corrected chi connectivity index (χ1v) is 6.68. The molecule has 1 saturated heterocycles. The topological polar surface area (TPSA) is 70.5 Å². The third-order valence-electron chi connectivity index (χ3n) is 3.32. The summed E-state index contributed by atoms with van der Waals surface area (Å²) in [6.07, 6.45) is -0.415. The van der Waals surface area contributed by atoms with E-state index in [1.807, 2.05) is 19.9 Å². The minimum atomic E-state index is -0.415. The fraction of sp³-hybridized carbons (Fsp3) is 0.692. The SMILES string of the molecule is Cc1cc(NCC(O)CN2CCOCC2)nnc1C. The fourth-order valence-electron chi connectivity index (χ4n) is 2.00. The normalized spacial score (nSPS) is 18.3.